The largest absolute Gasteiger partial charge is 0.508 e. The van der Waals surface area contributed by atoms with Gasteiger partial charge in [-0.1, -0.05) is 55.7 Å². The van der Waals surface area contributed by atoms with Crippen molar-refractivity contribution in [3.05, 3.63) is 65.9 Å². The number of amides is 1. The molecular weight excluding hydrogens is 444 g/mol. The maximum atomic E-state index is 13.4. The summed E-state index contributed by atoms with van der Waals surface area (Å²) in [6.07, 6.45) is 6.68. The van der Waals surface area contributed by atoms with Crippen molar-refractivity contribution >= 4 is 22.8 Å². The number of carboxylic acids is 1. The summed E-state index contributed by atoms with van der Waals surface area (Å²) in [6.45, 7) is 0. The molecule has 0 bridgehead atoms. The molecular formula is C28H34N2O5. The van der Waals surface area contributed by atoms with E-state index >= 15 is 0 Å². The number of rotatable bonds is 10. The lowest BCUT2D eigenvalue weighted by Gasteiger charge is -2.32. The number of aliphatic hydroxyl groups is 1. The molecule has 1 fully saturated rings. The Morgan fingerprint density at radius 1 is 1.00 bits per heavy atom. The molecule has 0 radical (unpaired) electrons. The van der Waals surface area contributed by atoms with Crippen LogP contribution in [0.2, 0.25) is 0 Å². The second kappa shape index (κ2) is 11.4. The number of hydrogen-bond donors (Lipinski definition) is 5. The van der Waals surface area contributed by atoms with Crippen molar-refractivity contribution in [3.8, 4) is 5.75 Å². The Labute approximate surface area is 205 Å². The van der Waals surface area contributed by atoms with E-state index in [2.05, 4.69) is 10.3 Å². The Hall–Kier alpha value is -3.32. The SMILES string of the molecule is O=C(N[C@@H](Cc1c[nH]c2ccccc12)C(=O)O)C(CCc1ccccc1O)C(O)C1CCCCC1. The Bertz CT molecular complexity index is 1150. The molecule has 7 nitrogen and oxygen atoms in total. The topological polar surface area (TPSA) is 123 Å². The summed E-state index contributed by atoms with van der Waals surface area (Å²) in [5.41, 5.74) is 2.42. The van der Waals surface area contributed by atoms with Crippen molar-refractivity contribution in [2.24, 2.45) is 11.8 Å². The van der Waals surface area contributed by atoms with Gasteiger partial charge in [0.2, 0.25) is 5.91 Å². The molecule has 3 aromatic rings. The van der Waals surface area contributed by atoms with Gasteiger partial charge in [0.05, 0.1) is 12.0 Å². The number of aliphatic carboxylic acids is 1. The second-order valence-corrected chi connectivity index (χ2v) is 9.63. The van der Waals surface area contributed by atoms with Crippen LogP contribution < -0.4 is 5.32 Å². The number of para-hydroxylation sites is 2. The summed E-state index contributed by atoms with van der Waals surface area (Å²) < 4.78 is 0. The molecule has 0 aliphatic heterocycles. The van der Waals surface area contributed by atoms with Gasteiger partial charge in [-0.05, 0) is 54.9 Å². The number of fused-ring (bicyclic) bond motifs is 1. The molecule has 7 heteroatoms. The lowest BCUT2D eigenvalue weighted by Crippen LogP contribution is -2.49. The number of benzene rings is 2. The summed E-state index contributed by atoms with van der Waals surface area (Å²) >= 11 is 0. The van der Waals surface area contributed by atoms with Gasteiger partial charge in [-0.3, -0.25) is 4.79 Å². The minimum atomic E-state index is -1.12. The van der Waals surface area contributed by atoms with Crippen LogP contribution in [0.25, 0.3) is 10.9 Å². The number of aromatic amines is 1. The van der Waals surface area contributed by atoms with Gasteiger partial charge in [-0.15, -0.1) is 0 Å². The highest BCUT2D eigenvalue weighted by molar-refractivity contribution is 5.87. The number of carbonyl (C=O) groups is 2. The van der Waals surface area contributed by atoms with E-state index in [4.69, 9.17) is 0 Å². The van der Waals surface area contributed by atoms with Crippen molar-refractivity contribution in [3.63, 3.8) is 0 Å². The maximum absolute atomic E-state index is 13.4. The Kier molecular flexibility index (Phi) is 8.08. The van der Waals surface area contributed by atoms with Crippen molar-refractivity contribution in [2.75, 3.05) is 0 Å². The summed E-state index contributed by atoms with van der Waals surface area (Å²) in [4.78, 5) is 28.7. The predicted molar refractivity (Wildman–Crippen MR) is 134 cm³/mol. The lowest BCUT2D eigenvalue weighted by molar-refractivity contribution is -0.143. The third-order valence-electron chi connectivity index (χ3n) is 7.31. The Morgan fingerprint density at radius 3 is 2.46 bits per heavy atom. The fourth-order valence-corrected chi connectivity index (χ4v) is 5.29. The molecule has 1 heterocycles. The number of phenolic OH excluding ortho intramolecular Hbond substituents is 1. The molecule has 4 rings (SSSR count). The smallest absolute Gasteiger partial charge is 0.326 e. The minimum Gasteiger partial charge on any atom is -0.508 e. The van der Waals surface area contributed by atoms with Crippen molar-refractivity contribution < 1.29 is 24.9 Å². The van der Waals surface area contributed by atoms with Crippen LogP contribution in [0.5, 0.6) is 5.75 Å². The normalized spacial score (nSPS) is 17.1. The van der Waals surface area contributed by atoms with Crippen molar-refractivity contribution in [2.45, 2.75) is 63.5 Å². The molecule has 2 unspecified atom stereocenters. The molecule has 1 aliphatic rings. The third kappa shape index (κ3) is 6.03. The van der Waals surface area contributed by atoms with Gasteiger partial charge in [-0.2, -0.15) is 0 Å². The Morgan fingerprint density at radius 2 is 1.71 bits per heavy atom. The number of aliphatic hydroxyl groups excluding tert-OH is 1. The van der Waals surface area contributed by atoms with Gasteiger partial charge in [0, 0.05) is 23.5 Å². The molecule has 3 atom stereocenters. The molecule has 0 saturated heterocycles. The number of hydrogen-bond acceptors (Lipinski definition) is 4. The van der Waals surface area contributed by atoms with Crippen LogP contribution in [0.3, 0.4) is 0 Å². The van der Waals surface area contributed by atoms with E-state index in [0.29, 0.717) is 18.4 Å². The van der Waals surface area contributed by atoms with E-state index in [0.717, 1.165) is 48.6 Å². The number of nitrogens with one attached hydrogen (secondary N) is 2. The van der Waals surface area contributed by atoms with Gasteiger partial charge < -0.3 is 25.6 Å². The van der Waals surface area contributed by atoms with Gasteiger partial charge in [0.1, 0.15) is 11.8 Å². The first-order valence-corrected chi connectivity index (χ1v) is 12.5. The number of H-pyrrole nitrogens is 1. The number of aromatic nitrogens is 1. The van der Waals surface area contributed by atoms with Crippen LogP contribution in [-0.4, -0.2) is 44.3 Å². The quantitative estimate of drug-likeness (QED) is 0.299. The average Bonchev–Trinajstić information content (AvgIpc) is 3.28. The highest BCUT2D eigenvalue weighted by Crippen LogP contribution is 2.32. The van der Waals surface area contributed by atoms with Crippen LogP contribution >= 0.6 is 0 Å². The second-order valence-electron chi connectivity index (χ2n) is 9.63. The summed E-state index contributed by atoms with van der Waals surface area (Å²) in [7, 11) is 0. The molecule has 35 heavy (non-hydrogen) atoms. The number of carboxylic acid groups (broad SMARTS) is 1. The van der Waals surface area contributed by atoms with Gasteiger partial charge in [0.15, 0.2) is 0 Å². The summed E-state index contributed by atoms with van der Waals surface area (Å²) in [6, 6.07) is 13.5. The molecule has 1 amide bonds. The number of aromatic hydroxyl groups is 1. The summed E-state index contributed by atoms with van der Waals surface area (Å²) in [5, 5.41) is 34.9. The zero-order chi connectivity index (χ0) is 24.8. The van der Waals surface area contributed by atoms with Crippen LogP contribution in [0.1, 0.15) is 49.7 Å². The van der Waals surface area contributed by atoms with Crippen molar-refractivity contribution in [1.82, 2.24) is 10.3 Å². The fraction of sp³-hybridized carbons (Fsp3) is 0.429. The zero-order valence-corrected chi connectivity index (χ0v) is 19.8. The predicted octanol–water partition coefficient (Wildman–Crippen LogP) is 4.18. The highest BCUT2D eigenvalue weighted by Gasteiger charge is 2.35. The molecule has 5 N–H and O–H groups in total. The monoisotopic (exact) mass is 478 g/mol. The van der Waals surface area contributed by atoms with Crippen LogP contribution in [0, 0.1) is 11.8 Å². The zero-order valence-electron chi connectivity index (χ0n) is 19.8. The van der Waals surface area contributed by atoms with Crippen LogP contribution in [-0.2, 0) is 22.4 Å². The minimum absolute atomic E-state index is 0.0146. The van der Waals surface area contributed by atoms with E-state index in [9.17, 15) is 24.9 Å². The van der Waals surface area contributed by atoms with Gasteiger partial charge in [-0.25, -0.2) is 4.79 Å². The van der Waals surface area contributed by atoms with E-state index in [-0.39, 0.29) is 18.1 Å². The van der Waals surface area contributed by atoms with Crippen LogP contribution in [0.15, 0.2) is 54.7 Å². The van der Waals surface area contributed by atoms with E-state index in [1.165, 1.54) is 0 Å². The number of phenols is 1. The lowest BCUT2D eigenvalue weighted by atomic mass is 9.78. The first-order chi connectivity index (χ1) is 16.9. The third-order valence-corrected chi connectivity index (χ3v) is 7.31. The van der Waals surface area contributed by atoms with E-state index < -0.39 is 29.9 Å². The maximum Gasteiger partial charge on any atom is 0.326 e. The molecule has 1 aromatic heterocycles. The molecule has 1 aliphatic carbocycles. The first-order valence-electron chi connectivity index (χ1n) is 12.5. The highest BCUT2D eigenvalue weighted by atomic mass is 16.4. The molecule has 0 spiro atoms. The van der Waals surface area contributed by atoms with Gasteiger partial charge in [0.25, 0.3) is 0 Å². The first kappa shape index (κ1) is 24.8. The number of aryl methyl sites for hydroxylation is 1. The van der Waals surface area contributed by atoms with E-state index in [1.807, 2.05) is 30.3 Å². The standard InChI is InChI=1S/C28H34N2O5/c31-25-13-7-4-8-18(25)14-15-22(26(32)19-9-2-1-3-10-19)27(33)30-24(28(34)35)16-20-17-29-23-12-6-5-11-21(20)23/h4-8,11-13,17,19,22,24,26,29,31-32H,1-3,9-10,14-16H2,(H,30,33)(H,34,35)/t22?,24-,26?/m0/s1. The Balaban J connectivity index is 1.51. The fourth-order valence-electron chi connectivity index (χ4n) is 5.29. The molecule has 2 aromatic carbocycles. The average molecular weight is 479 g/mol. The molecule has 1 saturated carbocycles. The van der Waals surface area contributed by atoms with Gasteiger partial charge >= 0.3 is 5.97 Å². The number of carbonyl (C=O) groups excluding carboxylic acids is 1. The van der Waals surface area contributed by atoms with E-state index in [1.54, 1.807) is 24.4 Å². The molecule has 186 valence electrons. The van der Waals surface area contributed by atoms with Crippen molar-refractivity contribution in [1.29, 1.82) is 0 Å². The summed E-state index contributed by atoms with van der Waals surface area (Å²) in [5.74, 6) is -2.16. The van der Waals surface area contributed by atoms with Crippen LogP contribution in [0.4, 0.5) is 0 Å².